The highest BCUT2D eigenvalue weighted by atomic mass is 127. The maximum absolute atomic E-state index is 6.05. The summed E-state index contributed by atoms with van der Waals surface area (Å²) in [4.78, 5) is 11.7. The molecule has 1 aromatic heterocycles. The smallest absolute Gasteiger partial charge is 0.191 e. The van der Waals surface area contributed by atoms with Crippen LogP contribution < -0.4 is 10.6 Å². The second-order valence-corrected chi connectivity index (χ2v) is 8.76. The van der Waals surface area contributed by atoms with Crippen LogP contribution in [-0.2, 0) is 6.54 Å². The Hall–Kier alpha value is -0.640. The van der Waals surface area contributed by atoms with Gasteiger partial charge in [-0.2, -0.15) is 0 Å². The molecule has 1 atom stereocenters. The molecule has 2 N–H and O–H groups in total. The molecule has 1 aromatic carbocycles. The number of nitrogens with zero attached hydrogens (tertiary/aromatic N) is 3. The van der Waals surface area contributed by atoms with E-state index >= 15 is 0 Å². The molecular formula is C19H27ClIN5S. The number of hydrogen-bond acceptors (Lipinski definition) is 4. The van der Waals surface area contributed by atoms with Gasteiger partial charge in [-0.15, -0.1) is 35.3 Å². The van der Waals surface area contributed by atoms with Crippen molar-refractivity contribution in [3.63, 3.8) is 0 Å². The van der Waals surface area contributed by atoms with Gasteiger partial charge in [-0.3, -0.25) is 9.89 Å². The number of hydrogen-bond donors (Lipinski definition) is 2. The van der Waals surface area contributed by atoms with E-state index in [1.54, 1.807) is 11.3 Å². The van der Waals surface area contributed by atoms with Gasteiger partial charge in [0.05, 0.1) is 16.8 Å². The molecule has 27 heavy (non-hydrogen) atoms. The lowest BCUT2D eigenvalue weighted by Gasteiger charge is -2.24. The number of benzene rings is 1. The lowest BCUT2D eigenvalue weighted by molar-refractivity contribution is 0.242. The number of likely N-dealkylation sites (tertiary alicyclic amines) is 1. The van der Waals surface area contributed by atoms with Crippen LogP contribution in [0.15, 0.2) is 23.2 Å². The highest BCUT2D eigenvalue weighted by Crippen LogP contribution is 2.27. The molecule has 2 aromatic rings. The monoisotopic (exact) mass is 519 g/mol. The second kappa shape index (κ2) is 9.71. The third-order valence-electron chi connectivity index (χ3n) is 5.43. The Bertz CT molecular complexity index is 789. The van der Waals surface area contributed by atoms with E-state index in [2.05, 4.69) is 25.5 Å². The van der Waals surface area contributed by atoms with Crippen LogP contribution in [0, 0.1) is 0 Å². The predicted octanol–water partition coefficient (Wildman–Crippen LogP) is 4.25. The number of aromatic nitrogens is 1. The minimum Gasteiger partial charge on any atom is -0.352 e. The summed E-state index contributed by atoms with van der Waals surface area (Å²) < 4.78 is 1.16. The fourth-order valence-corrected chi connectivity index (χ4v) is 5.13. The van der Waals surface area contributed by atoms with Gasteiger partial charge in [0.2, 0.25) is 0 Å². The van der Waals surface area contributed by atoms with Crippen molar-refractivity contribution in [1.82, 2.24) is 20.5 Å². The Morgan fingerprint density at radius 1 is 1.33 bits per heavy atom. The van der Waals surface area contributed by atoms with Crippen LogP contribution in [0.1, 0.15) is 37.1 Å². The average Bonchev–Trinajstić information content (AvgIpc) is 3.37. The molecule has 1 aliphatic heterocycles. The Morgan fingerprint density at radius 2 is 2.15 bits per heavy atom. The zero-order chi connectivity index (χ0) is 17.9. The number of guanidine groups is 1. The minimum atomic E-state index is 0. The standard InChI is InChI=1S/C19H26ClN5S.HI/c1-21-19(23-14-8-9-25(12-14)15-4-2-3-5-15)22-11-18-24-16-10-13(20)6-7-17(16)26-18;/h6-7,10,14-15H,2-5,8-9,11-12H2,1H3,(H2,21,22,23);1H. The Labute approximate surface area is 187 Å². The molecule has 1 unspecified atom stereocenters. The van der Waals surface area contributed by atoms with Crippen molar-refractivity contribution < 1.29 is 0 Å². The van der Waals surface area contributed by atoms with Gasteiger partial charge in [-0.1, -0.05) is 24.4 Å². The van der Waals surface area contributed by atoms with Crippen LogP contribution in [0.4, 0.5) is 0 Å². The third kappa shape index (κ3) is 5.25. The summed E-state index contributed by atoms with van der Waals surface area (Å²) in [6.45, 7) is 3.01. The predicted molar refractivity (Wildman–Crippen MR) is 126 cm³/mol. The van der Waals surface area contributed by atoms with Crippen LogP contribution >= 0.6 is 46.9 Å². The summed E-state index contributed by atoms with van der Waals surface area (Å²) in [5.74, 6) is 0.862. The lowest BCUT2D eigenvalue weighted by Crippen LogP contribution is -2.45. The first kappa shape index (κ1) is 21.1. The van der Waals surface area contributed by atoms with Crippen LogP contribution in [0.2, 0.25) is 5.02 Å². The SMILES string of the molecule is CN=C(NCc1nc2cc(Cl)ccc2s1)NC1CCN(C2CCCC2)C1.I. The van der Waals surface area contributed by atoms with E-state index in [0.717, 1.165) is 38.8 Å². The van der Waals surface area contributed by atoms with Gasteiger partial charge >= 0.3 is 0 Å². The number of rotatable bonds is 4. The van der Waals surface area contributed by atoms with Crippen molar-refractivity contribution in [2.45, 2.75) is 50.7 Å². The molecule has 0 spiro atoms. The highest BCUT2D eigenvalue weighted by molar-refractivity contribution is 14.0. The number of halogens is 2. The topological polar surface area (TPSA) is 52.6 Å². The van der Waals surface area contributed by atoms with Crippen molar-refractivity contribution in [2.75, 3.05) is 20.1 Å². The highest BCUT2D eigenvalue weighted by Gasteiger charge is 2.30. The molecule has 2 aliphatic rings. The van der Waals surface area contributed by atoms with Crippen molar-refractivity contribution in [2.24, 2.45) is 4.99 Å². The first-order chi connectivity index (χ1) is 12.7. The summed E-state index contributed by atoms with van der Waals surface area (Å²) in [5.41, 5.74) is 0.963. The van der Waals surface area contributed by atoms with Crippen LogP contribution in [0.25, 0.3) is 10.2 Å². The minimum absolute atomic E-state index is 0. The fraction of sp³-hybridized carbons (Fsp3) is 0.579. The van der Waals surface area contributed by atoms with Gasteiger partial charge in [-0.05, 0) is 37.5 Å². The first-order valence-electron chi connectivity index (χ1n) is 9.47. The van der Waals surface area contributed by atoms with Gasteiger partial charge in [-0.25, -0.2) is 4.98 Å². The van der Waals surface area contributed by atoms with Crippen LogP contribution in [0.5, 0.6) is 0 Å². The van der Waals surface area contributed by atoms with Crippen LogP contribution in [-0.4, -0.2) is 48.1 Å². The van der Waals surface area contributed by atoms with E-state index in [0.29, 0.717) is 12.6 Å². The van der Waals surface area contributed by atoms with E-state index in [1.165, 1.54) is 38.6 Å². The van der Waals surface area contributed by atoms with E-state index in [1.807, 2.05) is 25.2 Å². The van der Waals surface area contributed by atoms with E-state index < -0.39 is 0 Å². The number of fused-ring (bicyclic) bond motifs is 1. The summed E-state index contributed by atoms with van der Waals surface area (Å²) in [6.07, 6.45) is 6.74. The van der Waals surface area contributed by atoms with Crippen molar-refractivity contribution in [3.8, 4) is 0 Å². The van der Waals surface area contributed by atoms with Gasteiger partial charge in [0, 0.05) is 37.2 Å². The zero-order valence-corrected chi connectivity index (χ0v) is 19.5. The van der Waals surface area contributed by atoms with E-state index in [4.69, 9.17) is 11.6 Å². The molecule has 0 amide bonds. The molecule has 1 saturated heterocycles. The van der Waals surface area contributed by atoms with Crippen LogP contribution in [0.3, 0.4) is 0 Å². The number of aliphatic imine (C=N–C) groups is 1. The maximum atomic E-state index is 6.05. The van der Waals surface area contributed by atoms with Crippen molar-refractivity contribution >= 4 is 63.1 Å². The maximum Gasteiger partial charge on any atom is 0.191 e. The molecular weight excluding hydrogens is 493 g/mol. The van der Waals surface area contributed by atoms with Gasteiger partial charge in [0.25, 0.3) is 0 Å². The molecule has 148 valence electrons. The summed E-state index contributed by atoms with van der Waals surface area (Å²) in [6, 6.07) is 7.15. The molecule has 4 rings (SSSR count). The molecule has 8 heteroatoms. The van der Waals surface area contributed by atoms with Gasteiger partial charge in [0.1, 0.15) is 5.01 Å². The molecule has 0 radical (unpaired) electrons. The van der Waals surface area contributed by atoms with E-state index in [9.17, 15) is 0 Å². The molecule has 1 aliphatic carbocycles. The summed E-state index contributed by atoms with van der Waals surface area (Å²) in [5, 5.41) is 8.77. The largest absolute Gasteiger partial charge is 0.352 e. The second-order valence-electron chi connectivity index (χ2n) is 7.21. The summed E-state index contributed by atoms with van der Waals surface area (Å²) in [7, 11) is 1.83. The first-order valence-corrected chi connectivity index (χ1v) is 10.7. The zero-order valence-electron chi connectivity index (χ0n) is 15.6. The molecule has 0 bridgehead atoms. The normalized spacial score (nSPS) is 21.6. The Kier molecular flexibility index (Phi) is 7.58. The quantitative estimate of drug-likeness (QED) is 0.360. The lowest BCUT2D eigenvalue weighted by atomic mass is 10.2. The Morgan fingerprint density at radius 3 is 2.93 bits per heavy atom. The Balaban J connectivity index is 0.00000210. The molecule has 2 heterocycles. The van der Waals surface area contributed by atoms with Crippen molar-refractivity contribution in [1.29, 1.82) is 0 Å². The van der Waals surface area contributed by atoms with Gasteiger partial charge in [0.15, 0.2) is 5.96 Å². The summed E-state index contributed by atoms with van der Waals surface area (Å²) >= 11 is 7.74. The average molecular weight is 520 g/mol. The number of thiazole rings is 1. The van der Waals surface area contributed by atoms with Gasteiger partial charge < -0.3 is 10.6 Å². The van der Waals surface area contributed by atoms with E-state index in [-0.39, 0.29) is 24.0 Å². The molecule has 1 saturated carbocycles. The van der Waals surface area contributed by atoms with Crippen molar-refractivity contribution in [3.05, 3.63) is 28.2 Å². The molecule has 2 fully saturated rings. The third-order valence-corrected chi connectivity index (χ3v) is 6.70. The fourth-order valence-electron chi connectivity index (χ4n) is 4.08. The number of nitrogens with one attached hydrogen (secondary N) is 2. The molecule has 5 nitrogen and oxygen atoms in total.